The number of carbonyl (C=O) groups is 4. The molecule has 3 unspecified atom stereocenters. The monoisotopic (exact) mass is 1370 g/mol. The Bertz CT molecular complexity index is 1790. The maximum atomic E-state index is 13.1. The maximum Gasteiger partial charge on any atom is 0.472 e. The number of carbonyl (C=O) groups excluding carboxylic acids is 4. The van der Waals surface area contributed by atoms with E-state index in [4.69, 9.17) is 37.0 Å². The van der Waals surface area contributed by atoms with Gasteiger partial charge in [-0.25, -0.2) is 9.13 Å². The summed E-state index contributed by atoms with van der Waals surface area (Å²) in [6.45, 7) is 7.31. The number of aliphatic hydroxyl groups excluding tert-OH is 1. The van der Waals surface area contributed by atoms with Crippen molar-refractivity contribution in [3.8, 4) is 0 Å². The molecular formula is C74H144O17P2. The number of unbranched alkanes of at least 4 members (excludes halogenated alkanes) is 45. The van der Waals surface area contributed by atoms with Crippen molar-refractivity contribution in [2.75, 3.05) is 39.6 Å². The molecule has 0 aliphatic heterocycles. The number of aliphatic hydroxyl groups is 1. The van der Waals surface area contributed by atoms with Crippen LogP contribution in [0.5, 0.6) is 0 Å². The van der Waals surface area contributed by atoms with E-state index in [9.17, 15) is 43.2 Å². The highest BCUT2D eigenvalue weighted by Gasteiger charge is 2.30. The van der Waals surface area contributed by atoms with Crippen molar-refractivity contribution in [2.24, 2.45) is 5.92 Å². The molecule has 0 radical (unpaired) electrons. The zero-order valence-electron chi connectivity index (χ0n) is 60.4. The second-order valence-electron chi connectivity index (χ2n) is 26.9. The van der Waals surface area contributed by atoms with Gasteiger partial charge in [-0.05, 0) is 31.6 Å². The van der Waals surface area contributed by atoms with Crippen LogP contribution in [0.15, 0.2) is 0 Å². The summed E-state index contributed by atoms with van der Waals surface area (Å²) in [5.41, 5.74) is 0. The Balaban J connectivity index is 5.14. The summed E-state index contributed by atoms with van der Waals surface area (Å²) in [5, 5.41) is 10.6. The smallest absolute Gasteiger partial charge is 0.462 e. The third-order valence-corrected chi connectivity index (χ3v) is 19.5. The number of phosphoric acid groups is 2. The number of hydrogen-bond acceptors (Lipinski definition) is 15. The van der Waals surface area contributed by atoms with Gasteiger partial charge in [-0.2, -0.15) is 0 Å². The van der Waals surface area contributed by atoms with Crippen LogP contribution in [-0.2, 0) is 65.4 Å². The third kappa shape index (κ3) is 67.0. The van der Waals surface area contributed by atoms with Crippen LogP contribution < -0.4 is 0 Å². The molecule has 17 nitrogen and oxygen atoms in total. The first kappa shape index (κ1) is 91.1. The molecule has 0 fully saturated rings. The molecule has 0 amide bonds. The summed E-state index contributed by atoms with van der Waals surface area (Å²) >= 11 is 0. The first-order valence-corrected chi connectivity index (χ1v) is 41.7. The van der Waals surface area contributed by atoms with E-state index < -0.39 is 97.5 Å². The Labute approximate surface area is 568 Å². The van der Waals surface area contributed by atoms with Crippen molar-refractivity contribution in [3.63, 3.8) is 0 Å². The summed E-state index contributed by atoms with van der Waals surface area (Å²) in [5.74, 6) is -1.25. The largest absolute Gasteiger partial charge is 0.472 e. The van der Waals surface area contributed by atoms with Gasteiger partial charge in [0.15, 0.2) is 12.2 Å². The Morgan fingerprint density at radius 3 is 0.763 bits per heavy atom. The molecule has 0 saturated heterocycles. The molecule has 0 aromatic carbocycles. The molecule has 0 rings (SSSR count). The molecule has 3 N–H and O–H groups in total. The molecule has 0 aliphatic rings. The molecule has 0 aliphatic carbocycles. The van der Waals surface area contributed by atoms with Gasteiger partial charge in [-0.1, -0.05) is 336 Å². The summed E-state index contributed by atoms with van der Waals surface area (Å²) < 4.78 is 68.3. The molecule has 0 spiro atoms. The van der Waals surface area contributed by atoms with E-state index in [-0.39, 0.29) is 25.7 Å². The molecule has 19 heteroatoms. The molecular weight excluding hydrogens is 1220 g/mol. The number of ether oxygens (including phenoxy) is 4. The van der Waals surface area contributed by atoms with E-state index in [1.165, 1.54) is 205 Å². The molecule has 0 aromatic heterocycles. The topological polar surface area (TPSA) is 237 Å². The lowest BCUT2D eigenvalue weighted by Gasteiger charge is -2.21. The van der Waals surface area contributed by atoms with Crippen molar-refractivity contribution >= 4 is 39.5 Å². The summed E-state index contributed by atoms with van der Waals surface area (Å²) in [4.78, 5) is 72.5. The summed E-state index contributed by atoms with van der Waals surface area (Å²) in [6, 6.07) is 0. The van der Waals surface area contributed by atoms with Crippen molar-refractivity contribution in [1.29, 1.82) is 0 Å². The van der Waals surface area contributed by atoms with E-state index in [2.05, 4.69) is 34.6 Å². The van der Waals surface area contributed by atoms with Crippen LogP contribution in [0.3, 0.4) is 0 Å². The lowest BCUT2D eigenvalue weighted by molar-refractivity contribution is -0.161. The molecule has 0 heterocycles. The van der Waals surface area contributed by atoms with Gasteiger partial charge < -0.3 is 33.8 Å². The minimum Gasteiger partial charge on any atom is -0.462 e. The Kier molecular flexibility index (Phi) is 65.9. The summed E-state index contributed by atoms with van der Waals surface area (Å²) in [6.07, 6.45) is 55.5. The summed E-state index contributed by atoms with van der Waals surface area (Å²) in [7, 11) is -9.90. The number of hydrogen-bond donors (Lipinski definition) is 3. The van der Waals surface area contributed by atoms with Gasteiger partial charge in [0, 0.05) is 25.7 Å². The third-order valence-electron chi connectivity index (χ3n) is 17.6. The second-order valence-corrected chi connectivity index (χ2v) is 29.8. The molecule has 0 aromatic rings. The van der Waals surface area contributed by atoms with Crippen molar-refractivity contribution < 1.29 is 80.2 Å². The zero-order chi connectivity index (χ0) is 68.4. The zero-order valence-corrected chi connectivity index (χ0v) is 62.2. The quantitative estimate of drug-likeness (QED) is 0.0222. The van der Waals surface area contributed by atoms with Crippen LogP contribution in [-0.4, -0.2) is 96.7 Å². The van der Waals surface area contributed by atoms with Gasteiger partial charge in [-0.3, -0.25) is 37.3 Å². The Morgan fingerprint density at radius 1 is 0.301 bits per heavy atom. The normalized spacial score (nSPS) is 14.3. The standard InChI is InChI=1S/C74H144O17P2/c1-6-10-13-16-19-22-24-31-35-39-43-48-53-58-72(77)85-64-70(91-74(79)60-55-50-45-40-36-33-30-28-26-25-27-29-32-34-37-41-46-51-56-67(5)9-4)66-89-93(82,83)87-62-68(75)61-86-92(80,81)88-65-69(63-84-71(76)57-52-47-42-21-18-15-12-8-3)90-73(78)59-54-49-44-38-23-20-17-14-11-7-2/h67-70,75H,6-66H2,1-5H3,(H,80,81)(H,82,83)/t67?,68-,69+,70+/m0/s1. The first-order chi connectivity index (χ1) is 45.1. The van der Waals surface area contributed by atoms with Gasteiger partial charge in [0.2, 0.25) is 0 Å². The number of rotatable bonds is 74. The van der Waals surface area contributed by atoms with Crippen LogP contribution in [0.25, 0.3) is 0 Å². The Morgan fingerprint density at radius 2 is 0.516 bits per heavy atom. The van der Waals surface area contributed by atoms with Crippen LogP contribution in [0, 0.1) is 5.92 Å². The van der Waals surface area contributed by atoms with E-state index >= 15 is 0 Å². The average Bonchev–Trinajstić information content (AvgIpc) is 2.35. The van der Waals surface area contributed by atoms with Crippen LogP contribution in [0.2, 0.25) is 0 Å². The highest BCUT2D eigenvalue weighted by molar-refractivity contribution is 7.47. The molecule has 0 bridgehead atoms. The fourth-order valence-electron chi connectivity index (χ4n) is 11.3. The molecule has 552 valence electrons. The molecule has 93 heavy (non-hydrogen) atoms. The lowest BCUT2D eigenvalue weighted by Crippen LogP contribution is -2.30. The highest BCUT2D eigenvalue weighted by atomic mass is 31.2. The number of phosphoric ester groups is 2. The molecule has 0 saturated carbocycles. The first-order valence-electron chi connectivity index (χ1n) is 38.7. The fraction of sp³-hybridized carbons (Fsp3) is 0.946. The van der Waals surface area contributed by atoms with E-state index in [1.54, 1.807) is 0 Å². The predicted octanol–water partition coefficient (Wildman–Crippen LogP) is 21.7. The fourth-order valence-corrected chi connectivity index (χ4v) is 12.9. The second kappa shape index (κ2) is 67.3. The van der Waals surface area contributed by atoms with Gasteiger partial charge in [0.25, 0.3) is 0 Å². The van der Waals surface area contributed by atoms with Crippen LogP contribution in [0.1, 0.15) is 388 Å². The lowest BCUT2D eigenvalue weighted by atomic mass is 9.99. The van der Waals surface area contributed by atoms with E-state index in [1.807, 2.05) is 0 Å². The number of esters is 4. The minimum absolute atomic E-state index is 0.107. The van der Waals surface area contributed by atoms with E-state index in [0.29, 0.717) is 25.7 Å². The van der Waals surface area contributed by atoms with Crippen molar-refractivity contribution in [2.45, 2.75) is 406 Å². The van der Waals surface area contributed by atoms with Gasteiger partial charge in [0.05, 0.1) is 26.4 Å². The average molecular weight is 1370 g/mol. The van der Waals surface area contributed by atoms with Crippen LogP contribution in [0.4, 0.5) is 0 Å². The van der Waals surface area contributed by atoms with Crippen LogP contribution >= 0.6 is 15.6 Å². The SMILES string of the molecule is CCCCCCCCCCCCCCCC(=O)OC[C@H](COP(=O)(O)OC[C@@H](O)COP(=O)(O)OC[C@@H](COC(=O)CCCCCCCCCC)OC(=O)CCCCCCCCCCCC)OC(=O)CCCCCCCCCCCCCCCCCCCCC(C)CC. The van der Waals surface area contributed by atoms with Crippen molar-refractivity contribution in [1.82, 2.24) is 0 Å². The van der Waals surface area contributed by atoms with Gasteiger partial charge in [0.1, 0.15) is 19.3 Å². The Hall–Kier alpha value is -1.94. The van der Waals surface area contributed by atoms with E-state index in [0.717, 1.165) is 102 Å². The van der Waals surface area contributed by atoms with Gasteiger partial charge in [-0.15, -0.1) is 0 Å². The van der Waals surface area contributed by atoms with Crippen molar-refractivity contribution in [3.05, 3.63) is 0 Å². The minimum atomic E-state index is -4.95. The molecule has 6 atom stereocenters. The van der Waals surface area contributed by atoms with Gasteiger partial charge >= 0.3 is 39.5 Å². The maximum absolute atomic E-state index is 13.1. The highest BCUT2D eigenvalue weighted by Crippen LogP contribution is 2.45. The predicted molar refractivity (Wildman–Crippen MR) is 377 cm³/mol.